The minimum atomic E-state index is 0.0427. The van der Waals surface area contributed by atoms with Crippen LogP contribution in [0, 0.1) is 23.7 Å². The predicted molar refractivity (Wildman–Crippen MR) is 139 cm³/mol. The maximum Gasteiger partial charge on any atom is 0.251 e. The fourth-order valence-electron chi connectivity index (χ4n) is 8.24. The Hall–Kier alpha value is -2.70. The van der Waals surface area contributed by atoms with E-state index in [2.05, 4.69) is 68.8 Å². The number of allylic oxidation sites excluding steroid dienone is 1. The van der Waals surface area contributed by atoms with Crippen molar-refractivity contribution in [2.45, 2.75) is 37.8 Å². The second-order valence-corrected chi connectivity index (χ2v) is 12.0. The molecule has 0 aliphatic carbocycles. The van der Waals surface area contributed by atoms with E-state index in [0.29, 0.717) is 30.1 Å². The topological polar surface area (TPSA) is 48.8 Å². The molecule has 6 heteroatoms. The Bertz CT molecular complexity index is 1250. The standard InChI is InChI=1S/C30H36N4O2/c1-31-14-21-10-23(17-31)27-12-22(13-29(36)33(27)16-21)30-25-11-24(26-8-5-9-28(35)34(26)30)18-32(19-25)15-20-6-3-2-4-7-20/h2-9,12,21-25,30H,10-11,13-19H2,1H3/t21-,22+,23+,24+,25-,30-/m0/s1. The van der Waals surface area contributed by atoms with E-state index in [9.17, 15) is 9.59 Å². The molecule has 1 amide bonds. The van der Waals surface area contributed by atoms with Crippen LogP contribution in [0.25, 0.3) is 0 Å². The number of hydrogen-bond donors (Lipinski definition) is 0. The molecule has 0 saturated carbocycles. The second kappa shape index (κ2) is 8.70. The molecule has 5 aliphatic rings. The van der Waals surface area contributed by atoms with Gasteiger partial charge >= 0.3 is 0 Å². The van der Waals surface area contributed by atoms with Gasteiger partial charge in [-0.3, -0.25) is 14.5 Å². The lowest BCUT2D eigenvalue weighted by Crippen LogP contribution is -2.55. The molecule has 1 aromatic heterocycles. The Balaban J connectivity index is 1.26. The zero-order chi connectivity index (χ0) is 24.4. The van der Waals surface area contributed by atoms with Crippen molar-refractivity contribution in [3.8, 4) is 0 Å². The maximum atomic E-state index is 13.5. The van der Waals surface area contributed by atoms with Crippen LogP contribution in [0.3, 0.4) is 0 Å². The van der Waals surface area contributed by atoms with Crippen molar-refractivity contribution in [3.05, 3.63) is 81.9 Å². The van der Waals surface area contributed by atoms with Crippen LogP contribution in [-0.4, -0.2) is 64.9 Å². The van der Waals surface area contributed by atoms with Gasteiger partial charge < -0.3 is 14.4 Å². The number of pyridine rings is 1. The van der Waals surface area contributed by atoms with Gasteiger partial charge in [-0.05, 0) is 43.4 Å². The first-order valence-electron chi connectivity index (χ1n) is 13.7. The second-order valence-electron chi connectivity index (χ2n) is 12.0. The fraction of sp³-hybridized carbons (Fsp3) is 0.533. The maximum absolute atomic E-state index is 13.5. The third-order valence-corrected chi connectivity index (χ3v) is 9.45. The lowest BCUT2D eigenvalue weighted by Gasteiger charge is -2.52. The highest BCUT2D eigenvalue weighted by molar-refractivity contribution is 5.80. The Kier molecular flexibility index (Phi) is 5.44. The van der Waals surface area contributed by atoms with Gasteiger partial charge in [-0.2, -0.15) is 0 Å². The molecule has 0 N–H and O–H groups in total. The van der Waals surface area contributed by atoms with Gasteiger partial charge in [0.1, 0.15) is 0 Å². The molecule has 0 unspecified atom stereocenters. The summed E-state index contributed by atoms with van der Waals surface area (Å²) in [6.07, 6.45) is 5.23. The summed E-state index contributed by atoms with van der Waals surface area (Å²) in [6.45, 7) is 5.86. The number of benzene rings is 1. The molecular weight excluding hydrogens is 448 g/mol. The number of hydrogen-bond acceptors (Lipinski definition) is 4. The molecule has 6 atom stereocenters. The Morgan fingerprint density at radius 2 is 1.72 bits per heavy atom. The number of aromatic nitrogens is 1. The first kappa shape index (κ1) is 22.5. The lowest BCUT2D eigenvalue weighted by atomic mass is 9.71. The van der Waals surface area contributed by atoms with E-state index in [1.165, 1.54) is 17.7 Å². The van der Waals surface area contributed by atoms with Gasteiger partial charge in [-0.25, -0.2) is 0 Å². The largest absolute Gasteiger partial charge is 0.316 e. The van der Waals surface area contributed by atoms with Gasteiger partial charge in [0.25, 0.3) is 5.56 Å². The van der Waals surface area contributed by atoms with E-state index in [0.717, 1.165) is 51.4 Å². The zero-order valence-corrected chi connectivity index (χ0v) is 21.1. The van der Waals surface area contributed by atoms with Gasteiger partial charge in [0.2, 0.25) is 5.91 Å². The number of carbonyl (C=O) groups excluding carboxylic acids is 1. The van der Waals surface area contributed by atoms with Crippen LogP contribution in [0.2, 0.25) is 0 Å². The van der Waals surface area contributed by atoms with Gasteiger partial charge in [0.15, 0.2) is 0 Å². The summed E-state index contributed by atoms with van der Waals surface area (Å²) in [5.41, 5.74) is 3.83. The van der Waals surface area contributed by atoms with Crippen LogP contribution in [-0.2, 0) is 11.3 Å². The van der Waals surface area contributed by atoms with E-state index in [1.54, 1.807) is 6.07 Å². The molecule has 2 aromatic rings. The molecule has 7 rings (SSSR count). The molecule has 188 valence electrons. The highest BCUT2D eigenvalue weighted by atomic mass is 16.2. The van der Waals surface area contributed by atoms with Gasteiger partial charge in [0, 0.05) is 86.9 Å². The highest BCUT2D eigenvalue weighted by Gasteiger charge is 2.47. The SMILES string of the molecule is CN1C[C@@H]2C[C@H](C1)C1=C[C@@H]([C@H]3[C@H]4C[C@H](CN(Cc5ccccc5)C4)c4cccc(=O)n43)CC(=O)N1C2. The molecule has 4 bridgehead atoms. The van der Waals surface area contributed by atoms with Crippen LogP contribution in [0.1, 0.15) is 42.5 Å². The van der Waals surface area contributed by atoms with Crippen LogP contribution in [0.4, 0.5) is 0 Å². The summed E-state index contributed by atoms with van der Waals surface area (Å²) in [4.78, 5) is 34.0. The summed E-state index contributed by atoms with van der Waals surface area (Å²) in [5, 5.41) is 0. The van der Waals surface area contributed by atoms with E-state index >= 15 is 0 Å². The highest BCUT2D eigenvalue weighted by Crippen LogP contribution is 2.48. The summed E-state index contributed by atoms with van der Waals surface area (Å²) in [6, 6.07) is 16.5. The van der Waals surface area contributed by atoms with Crippen molar-refractivity contribution in [3.63, 3.8) is 0 Å². The van der Waals surface area contributed by atoms with E-state index in [-0.39, 0.29) is 23.4 Å². The normalized spacial score (nSPS) is 34.1. The molecule has 6 heterocycles. The predicted octanol–water partition coefficient (Wildman–Crippen LogP) is 3.32. The number of amides is 1. The molecule has 3 saturated heterocycles. The minimum Gasteiger partial charge on any atom is -0.316 e. The summed E-state index contributed by atoms with van der Waals surface area (Å²) in [7, 11) is 2.21. The summed E-state index contributed by atoms with van der Waals surface area (Å²) < 4.78 is 2.10. The van der Waals surface area contributed by atoms with Crippen molar-refractivity contribution in [2.75, 3.05) is 39.8 Å². The van der Waals surface area contributed by atoms with Crippen molar-refractivity contribution >= 4 is 5.91 Å². The van der Waals surface area contributed by atoms with E-state index in [4.69, 9.17) is 0 Å². The van der Waals surface area contributed by atoms with Crippen molar-refractivity contribution in [1.82, 2.24) is 19.3 Å². The molecule has 36 heavy (non-hydrogen) atoms. The number of carbonyl (C=O) groups is 1. The van der Waals surface area contributed by atoms with Gasteiger partial charge in [0.05, 0.1) is 0 Å². The van der Waals surface area contributed by atoms with Crippen molar-refractivity contribution < 1.29 is 4.79 Å². The monoisotopic (exact) mass is 484 g/mol. The number of likely N-dealkylation sites (tertiary alicyclic amines) is 2. The van der Waals surface area contributed by atoms with Crippen LogP contribution >= 0.6 is 0 Å². The first-order chi connectivity index (χ1) is 17.5. The zero-order valence-electron chi connectivity index (χ0n) is 21.1. The van der Waals surface area contributed by atoms with Crippen LogP contribution in [0.5, 0.6) is 0 Å². The van der Waals surface area contributed by atoms with Crippen LogP contribution in [0.15, 0.2) is 65.1 Å². The Labute approximate surface area is 213 Å². The lowest BCUT2D eigenvalue weighted by molar-refractivity contribution is -0.135. The van der Waals surface area contributed by atoms with Crippen LogP contribution < -0.4 is 5.56 Å². The quantitative estimate of drug-likeness (QED) is 0.671. The molecule has 6 nitrogen and oxygen atoms in total. The Morgan fingerprint density at radius 1 is 0.861 bits per heavy atom. The number of nitrogens with zero attached hydrogens (tertiary/aromatic N) is 4. The Morgan fingerprint density at radius 3 is 2.58 bits per heavy atom. The average Bonchev–Trinajstić information content (AvgIpc) is 2.86. The van der Waals surface area contributed by atoms with E-state index in [1.807, 2.05) is 6.07 Å². The third-order valence-electron chi connectivity index (χ3n) is 9.45. The summed E-state index contributed by atoms with van der Waals surface area (Å²) >= 11 is 0. The van der Waals surface area contributed by atoms with Gasteiger partial charge in [-0.1, -0.05) is 42.5 Å². The van der Waals surface area contributed by atoms with Crippen molar-refractivity contribution in [1.29, 1.82) is 0 Å². The number of rotatable bonds is 3. The number of fused-ring (bicyclic) bond motifs is 8. The third kappa shape index (κ3) is 3.77. The molecule has 3 fully saturated rings. The fourth-order valence-corrected chi connectivity index (χ4v) is 8.24. The molecule has 1 aromatic carbocycles. The smallest absolute Gasteiger partial charge is 0.251 e. The van der Waals surface area contributed by atoms with Gasteiger partial charge in [-0.15, -0.1) is 0 Å². The molecule has 0 radical (unpaired) electrons. The van der Waals surface area contributed by atoms with E-state index < -0.39 is 0 Å². The van der Waals surface area contributed by atoms with Crippen molar-refractivity contribution in [2.24, 2.45) is 23.7 Å². The average molecular weight is 485 g/mol. The summed E-state index contributed by atoms with van der Waals surface area (Å²) in [5.74, 6) is 2.08. The molecule has 5 aliphatic heterocycles. The number of piperidine rings is 3. The molecule has 0 spiro atoms. The molecular formula is C30H36N4O2. The first-order valence-corrected chi connectivity index (χ1v) is 13.7. The minimum absolute atomic E-state index is 0.0427.